The van der Waals surface area contributed by atoms with Crippen LogP contribution in [0.15, 0.2) is 34.0 Å². The Kier molecular flexibility index (Phi) is 6.52. The van der Waals surface area contributed by atoms with Crippen molar-refractivity contribution in [3.05, 3.63) is 57.0 Å². The SMILES string of the molecule is Cc1[nH]c(=O)c(C#N)c(C)c1CCC(=O)Nc1ccccc1SC(F)F. The Morgan fingerprint density at radius 1 is 1.35 bits per heavy atom. The summed E-state index contributed by atoms with van der Waals surface area (Å²) in [5, 5.41) is 11.7. The number of para-hydroxylation sites is 1. The van der Waals surface area contributed by atoms with Crippen LogP contribution in [-0.2, 0) is 11.2 Å². The number of alkyl halides is 2. The van der Waals surface area contributed by atoms with Crippen molar-refractivity contribution in [2.75, 3.05) is 5.32 Å². The number of benzene rings is 1. The van der Waals surface area contributed by atoms with Gasteiger partial charge in [-0.3, -0.25) is 9.59 Å². The van der Waals surface area contributed by atoms with Crippen LogP contribution in [0.25, 0.3) is 0 Å². The van der Waals surface area contributed by atoms with Crippen LogP contribution in [0.4, 0.5) is 14.5 Å². The van der Waals surface area contributed by atoms with Crippen LogP contribution in [0, 0.1) is 25.2 Å². The number of rotatable bonds is 6. The van der Waals surface area contributed by atoms with Gasteiger partial charge in [-0.1, -0.05) is 23.9 Å². The van der Waals surface area contributed by atoms with Gasteiger partial charge < -0.3 is 10.3 Å². The van der Waals surface area contributed by atoms with Gasteiger partial charge in [0.15, 0.2) is 0 Å². The highest BCUT2D eigenvalue weighted by atomic mass is 32.2. The van der Waals surface area contributed by atoms with Crippen LogP contribution in [0.3, 0.4) is 0 Å². The van der Waals surface area contributed by atoms with E-state index in [1.807, 2.05) is 6.07 Å². The minimum absolute atomic E-state index is 0.0321. The molecule has 1 heterocycles. The highest BCUT2D eigenvalue weighted by molar-refractivity contribution is 7.99. The molecule has 1 aromatic heterocycles. The summed E-state index contributed by atoms with van der Waals surface area (Å²) >= 11 is 0.369. The van der Waals surface area contributed by atoms with Crippen molar-refractivity contribution in [3.8, 4) is 6.07 Å². The Bertz CT molecular complexity index is 920. The van der Waals surface area contributed by atoms with Crippen molar-refractivity contribution in [1.82, 2.24) is 4.98 Å². The zero-order valence-corrected chi connectivity index (χ0v) is 15.0. The summed E-state index contributed by atoms with van der Waals surface area (Å²) < 4.78 is 25.2. The largest absolute Gasteiger partial charge is 0.325 e. The van der Waals surface area contributed by atoms with Gasteiger partial charge in [-0.05, 0) is 43.5 Å². The average Bonchev–Trinajstić information content (AvgIpc) is 2.56. The number of halogens is 2. The van der Waals surface area contributed by atoms with Crippen LogP contribution in [0.2, 0.25) is 0 Å². The van der Waals surface area contributed by atoms with Gasteiger partial charge in [0.05, 0.1) is 5.69 Å². The first-order valence-electron chi connectivity index (χ1n) is 7.79. The number of thioether (sulfide) groups is 1. The molecule has 2 rings (SSSR count). The summed E-state index contributed by atoms with van der Waals surface area (Å²) in [6.07, 6.45) is 0.408. The summed E-state index contributed by atoms with van der Waals surface area (Å²) in [4.78, 5) is 26.8. The monoisotopic (exact) mass is 377 g/mol. The standard InChI is InChI=1S/C18H17F2N3O2S/c1-10-12(11(2)22-17(25)13(10)9-21)7-8-16(24)23-14-5-3-4-6-15(14)26-18(19)20/h3-6,18H,7-8H2,1-2H3,(H,22,25)(H,23,24). The van der Waals surface area contributed by atoms with Crippen molar-refractivity contribution < 1.29 is 13.6 Å². The Labute approximate surface area is 153 Å². The van der Waals surface area contributed by atoms with E-state index in [0.29, 0.717) is 40.0 Å². The number of aryl methyl sites for hydroxylation is 1. The predicted octanol–water partition coefficient (Wildman–Crippen LogP) is 3.75. The highest BCUT2D eigenvalue weighted by Crippen LogP contribution is 2.31. The normalized spacial score (nSPS) is 10.6. The lowest BCUT2D eigenvalue weighted by Gasteiger charge is -2.12. The van der Waals surface area contributed by atoms with Crippen molar-refractivity contribution in [2.24, 2.45) is 0 Å². The lowest BCUT2D eigenvalue weighted by molar-refractivity contribution is -0.116. The third-order valence-corrected chi connectivity index (χ3v) is 4.69. The number of carbonyl (C=O) groups excluding carboxylic acids is 1. The molecule has 0 saturated carbocycles. The van der Waals surface area contributed by atoms with Crippen molar-refractivity contribution in [3.63, 3.8) is 0 Å². The number of amides is 1. The van der Waals surface area contributed by atoms with Gasteiger partial charge in [0, 0.05) is 17.0 Å². The number of pyridine rings is 1. The zero-order valence-electron chi connectivity index (χ0n) is 14.2. The maximum Gasteiger partial charge on any atom is 0.288 e. The van der Waals surface area contributed by atoms with Crippen LogP contribution in [0.1, 0.15) is 28.8 Å². The number of hydrogen-bond donors (Lipinski definition) is 2. The first kappa shape index (κ1) is 19.7. The summed E-state index contributed by atoms with van der Waals surface area (Å²) in [6, 6.07) is 8.22. The van der Waals surface area contributed by atoms with Gasteiger partial charge >= 0.3 is 0 Å². The topological polar surface area (TPSA) is 85.8 Å². The number of nitriles is 1. The van der Waals surface area contributed by atoms with Crippen LogP contribution in [-0.4, -0.2) is 16.6 Å². The molecule has 0 fully saturated rings. The molecule has 1 aromatic carbocycles. The Morgan fingerprint density at radius 2 is 2.04 bits per heavy atom. The molecule has 8 heteroatoms. The van der Waals surface area contributed by atoms with Gasteiger partial charge in [0.25, 0.3) is 11.3 Å². The number of nitrogens with one attached hydrogen (secondary N) is 2. The van der Waals surface area contributed by atoms with Crippen molar-refractivity contribution in [2.45, 2.75) is 37.3 Å². The molecule has 0 radical (unpaired) electrons. The van der Waals surface area contributed by atoms with E-state index in [2.05, 4.69) is 10.3 Å². The molecule has 1 amide bonds. The number of nitrogens with zero attached hydrogens (tertiary/aromatic N) is 1. The molecule has 2 aromatic rings. The zero-order chi connectivity index (χ0) is 19.3. The summed E-state index contributed by atoms with van der Waals surface area (Å²) in [5.74, 6) is -2.92. The number of aromatic amines is 1. The van der Waals surface area contributed by atoms with E-state index in [9.17, 15) is 18.4 Å². The van der Waals surface area contributed by atoms with E-state index in [0.717, 1.165) is 5.56 Å². The van der Waals surface area contributed by atoms with E-state index in [4.69, 9.17) is 5.26 Å². The Hall–Kier alpha value is -2.66. The van der Waals surface area contributed by atoms with Gasteiger partial charge in [-0.25, -0.2) is 0 Å². The van der Waals surface area contributed by atoms with E-state index < -0.39 is 11.3 Å². The fraction of sp³-hybridized carbons (Fsp3) is 0.278. The summed E-state index contributed by atoms with van der Waals surface area (Å²) in [6.45, 7) is 3.37. The summed E-state index contributed by atoms with van der Waals surface area (Å²) in [5.41, 5.74) is 1.79. The third kappa shape index (κ3) is 4.70. The molecular weight excluding hydrogens is 360 g/mol. The molecule has 26 heavy (non-hydrogen) atoms. The number of anilines is 1. The van der Waals surface area contributed by atoms with Gasteiger partial charge in [-0.15, -0.1) is 0 Å². The smallest absolute Gasteiger partial charge is 0.288 e. The van der Waals surface area contributed by atoms with Gasteiger partial charge in [0.2, 0.25) is 5.91 Å². The third-order valence-electron chi connectivity index (χ3n) is 3.90. The number of H-pyrrole nitrogens is 1. The number of aromatic nitrogens is 1. The minimum atomic E-state index is -2.58. The van der Waals surface area contributed by atoms with Crippen LogP contribution >= 0.6 is 11.8 Å². The Balaban J connectivity index is 2.12. The molecular formula is C18H17F2N3O2S. The predicted molar refractivity (Wildman–Crippen MR) is 96.5 cm³/mol. The van der Waals surface area contributed by atoms with Crippen LogP contribution < -0.4 is 10.9 Å². The average molecular weight is 377 g/mol. The molecule has 0 spiro atoms. The fourth-order valence-electron chi connectivity index (χ4n) is 2.64. The molecule has 0 saturated heterocycles. The van der Waals surface area contributed by atoms with Crippen LogP contribution in [0.5, 0.6) is 0 Å². The Morgan fingerprint density at radius 3 is 2.69 bits per heavy atom. The van der Waals surface area contributed by atoms with Gasteiger partial charge in [-0.2, -0.15) is 14.0 Å². The fourth-order valence-corrected chi connectivity index (χ4v) is 3.24. The van der Waals surface area contributed by atoms with Crippen molar-refractivity contribution >= 4 is 23.4 Å². The highest BCUT2D eigenvalue weighted by Gasteiger charge is 2.15. The van der Waals surface area contributed by atoms with E-state index >= 15 is 0 Å². The second kappa shape index (κ2) is 8.63. The van der Waals surface area contributed by atoms with Crippen molar-refractivity contribution in [1.29, 1.82) is 5.26 Å². The first-order valence-corrected chi connectivity index (χ1v) is 8.67. The lowest BCUT2D eigenvalue weighted by Crippen LogP contribution is -2.18. The molecule has 136 valence electrons. The molecule has 0 unspecified atom stereocenters. The number of hydrogen-bond acceptors (Lipinski definition) is 4. The van der Waals surface area contributed by atoms with E-state index in [-0.39, 0.29) is 17.9 Å². The quantitative estimate of drug-likeness (QED) is 0.751. The second-order valence-corrected chi connectivity index (χ2v) is 6.62. The van der Waals surface area contributed by atoms with E-state index in [1.165, 1.54) is 6.07 Å². The molecule has 0 aliphatic heterocycles. The summed E-state index contributed by atoms with van der Waals surface area (Å²) in [7, 11) is 0. The maximum absolute atomic E-state index is 12.6. The first-order chi connectivity index (χ1) is 12.3. The maximum atomic E-state index is 12.6. The number of carbonyl (C=O) groups is 1. The minimum Gasteiger partial charge on any atom is -0.325 e. The molecule has 2 N–H and O–H groups in total. The van der Waals surface area contributed by atoms with E-state index in [1.54, 1.807) is 32.0 Å². The molecule has 0 aliphatic carbocycles. The molecule has 0 bridgehead atoms. The molecule has 0 atom stereocenters. The second-order valence-electron chi connectivity index (χ2n) is 5.59. The molecule has 0 aliphatic rings. The van der Waals surface area contributed by atoms with Gasteiger partial charge in [0.1, 0.15) is 11.6 Å². The molecule has 5 nitrogen and oxygen atoms in total. The lowest BCUT2D eigenvalue weighted by atomic mass is 9.99.